The Morgan fingerprint density at radius 1 is 1.48 bits per heavy atom. The van der Waals surface area contributed by atoms with Gasteiger partial charge in [-0.1, -0.05) is 18.5 Å². The molecule has 1 aromatic rings. The molecule has 0 aliphatic rings. The Balaban J connectivity index is 2.66. The maximum atomic E-state index is 11.7. The molecule has 0 spiro atoms. The number of nitrogens with one attached hydrogen (secondary N) is 1. The van der Waals surface area contributed by atoms with Gasteiger partial charge in [-0.25, -0.2) is 4.79 Å². The lowest BCUT2D eigenvalue weighted by Gasteiger charge is -2.11. The van der Waals surface area contributed by atoms with Crippen LogP contribution in [-0.2, 0) is 9.53 Å². The lowest BCUT2D eigenvalue weighted by Crippen LogP contribution is -2.35. The molecule has 0 fully saturated rings. The molecule has 0 heterocycles. The first-order chi connectivity index (χ1) is 9.85. The molecule has 0 saturated heterocycles. The van der Waals surface area contributed by atoms with E-state index < -0.39 is 29.1 Å². The summed E-state index contributed by atoms with van der Waals surface area (Å²) in [6.45, 7) is 3.28. The number of ether oxygens (including phenoxy) is 1. The van der Waals surface area contributed by atoms with E-state index in [4.69, 9.17) is 16.3 Å². The summed E-state index contributed by atoms with van der Waals surface area (Å²) in [7, 11) is 0. The third kappa shape index (κ3) is 5.03. The second-order valence-electron chi connectivity index (χ2n) is 4.38. The van der Waals surface area contributed by atoms with Gasteiger partial charge in [0.25, 0.3) is 11.6 Å². The molecule has 1 atom stereocenters. The van der Waals surface area contributed by atoms with Crippen LogP contribution in [0.15, 0.2) is 18.2 Å². The van der Waals surface area contributed by atoms with Crippen molar-refractivity contribution in [3.63, 3.8) is 0 Å². The number of nitrogens with zero attached hydrogens (tertiary/aromatic N) is 1. The smallest absolute Gasteiger partial charge is 0.338 e. The summed E-state index contributed by atoms with van der Waals surface area (Å²) >= 11 is 5.64. The van der Waals surface area contributed by atoms with Crippen LogP contribution in [0.5, 0.6) is 0 Å². The summed E-state index contributed by atoms with van der Waals surface area (Å²) in [5, 5.41) is 13.3. The molecule has 0 aromatic heterocycles. The molecular weight excluding hydrogens is 300 g/mol. The van der Waals surface area contributed by atoms with E-state index in [0.29, 0.717) is 0 Å². The van der Waals surface area contributed by atoms with Crippen LogP contribution >= 0.6 is 11.6 Å². The lowest BCUT2D eigenvalue weighted by molar-refractivity contribution is -0.384. The van der Waals surface area contributed by atoms with Gasteiger partial charge >= 0.3 is 5.97 Å². The average molecular weight is 315 g/mol. The molecule has 1 aromatic carbocycles. The Kier molecular flexibility index (Phi) is 6.10. The van der Waals surface area contributed by atoms with Gasteiger partial charge in [0.2, 0.25) is 0 Å². The molecule has 1 N–H and O–H groups in total. The molecule has 0 aliphatic carbocycles. The van der Waals surface area contributed by atoms with E-state index in [9.17, 15) is 19.7 Å². The zero-order valence-electron chi connectivity index (χ0n) is 11.6. The van der Waals surface area contributed by atoms with Gasteiger partial charge < -0.3 is 10.1 Å². The molecule has 8 heteroatoms. The first kappa shape index (κ1) is 16.9. The summed E-state index contributed by atoms with van der Waals surface area (Å²) in [5.74, 6) is -1.25. The van der Waals surface area contributed by atoms with Crippen LogP contribution in [-0.4, -0.2) is 29.4 Å². The van der Waals surface area contributed by atoms with E-state index in [0.717, 1.165) is 12.5 Å². The number of amides is 1. The molecule has 1 amide bonds. The standard InChI is InChI=1S/C13H15ClN2O5/c1-3-8(2)15-12(17)7-21-13(18)9-4-5-10(14)11(6-9)16(19)20/h4-6,8H,3,7H2,1-2H3,(H,15,17)/t8-/m0/s1. The van der Waals surface area contributed by atoms with Gasteiger partial charge in [-0.2, -0.15) is 0 Å². The lowest BCUT2D eigenvalue weighted by atomic mass is 10.2. The number of nitro benzene ring substituents is 1. The predicted octanol–water partition coefficient (Wildman–Crippen LogP) is 2.32. The normalized spacial score (nSPS) is 11.6. The van der Waals surface area contributed by atoms with Crippen LogP contribution < -0.4 is 5.32 Å². The van der Waals surface area contributed by atoms with Gasteiger partial charge in [-0.05, 0) is 25.5 Å². The van der Waals surface area contributed by atoms with E-state index in [2.05, 4.69) is 5.32 Å². The number of halogens is 1. The molecule has 0 unspecified atom stereocenters. The van der Waals surface area contributed by atoms with Crippen LogP contribution in [0.1, 0.15) is 30.6 Å². The minimum atomic E-state index is -0.825. The maximum Gasteiger partial charge on any atom is 0.338 e. The van der Waals surface area contributed by atoms with Gasteiger partial charge in [-0.3, -0.25) is 14.9 Å². The number of hydrogen-bond acceptors (Lipinski definition) is 5. The first-order valence-electron chi connectivity index (χ1n) is 6.25. The molecule has 1 rings (SSSR count). The van der Waals surface area contributed by atoms with Gasteiger partial charge in [0, 0.05) is 12.1 Å². The van der Waals surface area contributed by atoms with Crippen molar-refractivity contribution in [2.75, 3.05) is 6.61 Å². The van der Waals surface area contributed by atoms with Crippen LogP contribution in [0.25, 0.3) is 0 Å². The van der Waals surface area contributed by atoms with E-state index >= 15 is 0 Å². The molecule has 0 bridgehead atoms. The third-order valence-corrected chi connectivity index (χ3v) is 3.05. The number of esters is 1. The number of nitro groups is 1. The third-order valence-electron chi connectivity index (χ3n) is 2.73. The largest absolute Gasteiger partial charge is 0.452 e. The fourth-order valence-corrected chi connectivity index (χ4v) is 1.60. The Labute approximate surface area is 126 Å². The van der Waals surface area contributed by atoms with E-state index in [1.54, 1.807) is 0 Å². The SMILES string of the molecule is CC[C@H](C)NC(=O)COC(=O)c1ccc(Cl)c([N+](=O)[O-])c1. The second-order valence-corrected chi connectivity index (χ2v) is 4.78. The Hall–Kier alpha value is -2.15. The quantitative estimate of drug-likeness (QED) is 0.493. The van der Waals surface area contributed by atoms with Crippen molar-refractivity contribution in [2.45, 2.75) is 26.3 Å². The Morgan fingerprint density at radius 2 is 2.14 bits per heavy atom. The fourth-order valence-electron chi connectivity index (χ4n) is 1.41. The second kappa shape index (κ2) is 7.58. The van der Waals surface area contributed by atoms with Crippen molar-refractivity contribution in [1.29, 1.82) is 0 Å². The van der Waals surface area contributed by atoms with Gasteiger partial charge in [0.15, 0.2) is 6.61 Å². The molecule has 114 valence electrons. The predicted molar refractivity (Wildman–Crippen MR) is 76.3 cm³/mol. The summed E-state index contributed by atoms with van der Waals surface area (Å²) in [6, 6.07) is 3.52. The highest BCUT2D eigenvalue weighted by Gasteiger charge is 2.18. The van der Waals surface area contributed by atoms with Gasteiger partial charge in [0.1, 0.15) is 5.02 Å². The molecule has 0 saturated carbocycles. The van der Waals surface area contributed by atoms with E-state index in [-0.39, 0.29) is 16.6 Å². The number of benzene rings is 1. The van der Waals surface area contributed by atoms with Crippen LogP contribution in [0.3, 0.4) is 0 Å². The molecular formula is C13H15ClN2O5. The van der Waals surface area contributed by atoms with Crippen molar-refractivity contribution in [3.8, 4) is 0 Å². The van der Waals surface area contributed by atoms with Crippen molar-refractivity contribution >= 4 is 29.2 Å². The van der Waals surface area contributed by atoms with E-state index in [1.165, 1.54) is 12.1 Å². The minimum Gasteiger partial charge on any atom is -0.452 e. The molecule has 0 radical (unpaired) electrons. The number of hydrogen-bond donors (Lipinski definition) is 1. The molecule has 7 nitrogen and oxygen atoms in total. The highest BCUT2D eigenvalue weighted by molar-refractivity contribution is 6.32. The van der Waals surface area contributed by atoms with Crippen LogP contribution in [0, 0.1) is 10.1 Å². The van der Waals surface area contributed by atoms with Crippen molar-refractivity contribution in [2.24, 2.45) is 0 Å². The average Bonchev–Trinajstić information content (AvgIpc) is 2.44. The summed E-state index contributed by atoms with van der Waals surface area (Å²) in [4.78, 5) is 33.2. The maximum absolute atomic E-state index is 11.7. The summed E-state index contributed by atoms with van der Waals surface area (Å²) in [5.41, 5.74) is -0.433. The zero-order chi connectivity index (χ0) is 16.0. The number of rotatable bonds is 6. The van der Waals surface area contributed by atoms with E-state index in [1.807, 2.05) is 13.8 Å². The topological polar surface area (TPSA) is 98.5 Å². The summed E-state index contributed by atoms with van der Waals surface area (Å²) < 4.78 is 4.79. The monoisotopic (exact) mass is 314 g/mol. The zero-order valence-corrected chi connectivity index (χ0v) is 12.3. The fraction of sp³-hybridized carbons (Fsp3) is 0.385. The number of carbonyl (C=O) groups excluding carboxylic acids is 2. The molecule has 0 aliphatic heterocycles. The van der Waals surface area contributed by atoms with Crippen molar-refractivity contribution < 1.29 is 19.2 Å². The van der Waals surface area contributed by atoms with Gasteiger partial charge in [0.05, 0.1) is 10.5 Å². The van der Waals surface area contributed by atoms with Crippen molar-refractivity contribution in [1.82, 2.24) is 5.32 Å². The number of carbonyl (C=O) groups is 2. The Morgan fingerprint density at radius 3 is 2.71 bits per heavy atom. The van der Waals surface area contributed by atoms with Crippen LogP contribution in [0.4, 0.5) is 5.69 Å². The highest BCUT2D eigenvalue weighted by atomic mass is 35.5. The highest BCUT2D eigenvalue weighted by Crippen LogP contribution is 2.25. The van der Waals surface area contributed by atoms with Crippen molar-refractivity contribution in [3.05, 3.63) is 38.9 Å². The molecule has 21 heavy (non-hydrogen) atoms. The summed E-state index contributed by atoms with van der Waals surface area (Å²) in [6.07, 6.45) is 0.753. The minimum absolute atomic E-state index is 0.0205. The van der Waals surface area contributed by atoms with Crippen LogP contribution in [0.2, 0.25) is 5.02 Å². The van der Waals surface area contributed by atoms with Gasteiger partial charge in [-0.15, -0.1) is 0 Å². The Bertz CT molecular complexity index is 561. The first-order valence-corrected chi connectivity index (χ1v) is 6.63.